The van der Waals surface area contributed by atoms with E-state index in [2.05, 4.69) is 15.5 Å². The molecule has 35 heavy (non-hydrogen) atoms. The van der Waals surface area contributed by atoms with Crippen LogP contribution in [0.25, 0.3) is 16.7 Å². The number of aromatic nitrogens is 2. The third-order valence-electron chi connectivity index (χ3n) is 8.17. The van der Waals surface area contributed by atoms with Crippen molar-refractivity contribution in [2.24, 2.45) is 0 Å². The second-order valence-corrected chi connectivity index (χ2v) is 10.5. The number of rotatable bonds is 5. The average molecular weight is 473 g/mol. The van der Waals surface area contributed by atoms with Crippen LogP contribution in [-0.2, 0) is 0 Å². The molecule has 0 N–H and O–H groups in total. The van der Waals surface area contributed by atoms with Crippen LogP contribution in [0.15, 0.2) is 48.8 Å². The Hall–Kier alpha value is -2.86. The summed E-state index contributed by atoms with van der Waals surface area (Å²) >= 11 is 0. The number of hydrogen-bond acceptors (Lipinski definition) is 4. The highest BCUT2D eigenvalue weighted by atomic mass is 16.5. The van der Waals surface area contributed by atoms with Crippen LogP contribution in [0, 0.1) is 0 Å². The number of benzene rings is 1. The van der Waals surface area contributed by atoms with Crippen LogP contribution in [0.4, 0.5) is 0 Å². The van der Waals surface area contributed by atoms with Crippen molar-refractivity contribution in [2.45, 2.75) is 69.9 Å². The number of likely N-dealkylation sites (tertiary alicyclic amines) is 2. The molecular formula is C29H36N4O2. The van der Waals surface area contributed by atoms with Crippen LogP contribution in [0.1, 0.15) is 68.1 Å². The van der Waals surface area contributed by atoms with Crippen molar-refractivity contribution in [1.29, 1.82) is 0 Å². The average Bonchev–Trinajstić information content (AvgIpc) is 3.60. The summed E-state index contributed by atoms with van der Waals surface area (Å²) in [5.74, 6) is 1.85. The molecule has 0 bridgehead atoms. The van der Waals surface area contributed by atoms with Crippen molar-refractivity contribution >= 4 is 16.8 Å². The first-order chi connectivity index (χ1) is 17.2. The highest BCUT2D eigenvalue weighted by molar-refractivity contribution is 5.98. The molecule has 1 aromatic carbocycles. The second-order valence-electron chi connectivity index (χ2n) is 10.5. The number of carbonyl (C=O) groups is 1. The van der Waals surface area contributed by atoms with Gasteiger partial charge in [0.05, 0.1) is 11.7 Å². The lowest BCUT2D eigenvalue weighted by Crippen LogP contribution is -2.44. The van der Waals surface area contributed by atoms with Gasteiger partial charge in [-0.1, -0.05) is 19.3 Å². The SMILES string of the molecule is O=C(c1ccc2c(ccn2-c2ccc(OC3CCN(C4CCCCC4)CC3)cn2)c1)N1CCCC1. The van der Waals surface area contributed by atoms with E-state index in [1.165, 1.54) is 32.1 Å². The van der Waals surface area contributed by atoms with Gasteiger partial charge in [-0.15, -0.1) is 0 Å². The summed E-state index contributed by atoms with van der Waals surface area (Å²) in [5, 5.41) is 1.06. The van der Waals surface area contributed by atoms with Gasteiger partial charge in [0.25, 0.3) is 5.91 Å². The van der Waals surface area contributed by atoms with E-state index in [0.717, 1.165) is 85.9 Å². The van der Waals surface area contributed by atoms with Gasteiger partial charge in [0.15, 0.2) is 0 Å². The third-order valence-corrected chi connectivity index (χ3v) is 8.17. The van der Waals surface area contributed by atoms with E-state index in [1.54, 1.807) is 0 Å². The largest absolute Gasteiger partial charge is 0.489 e. The Balaban J connectivity index is 1.09. The molecule has 2 aliphatic heterocycles. The maximum atomic E-state index is 12.8. The summed E-state index contributed by atoms with van der Waals surface area (Å²) in [7, 11) is 0. The maximum Gasteiger partial charge on any atom is 0.253 e. The number of carbonyl (C=O) groups excluding carboxylic acids is 1. The van der Waals surface area contributed by atoms with Crippen LogP contribution in [-0.4, -0.2) is 63.6 Å². The van der Waals surface area contributed by atoms with Gasteiger partial charge in [-0.25, -0.2) is 4.98 Å². The van der Waals surface area contributed by atoms with Crippen molar-refractivity contribution in [1.82, 2.24) is 19.4 Å². The fourth-order valence-electron chi connectivity index (χ4n) is 6.16. The maximum absolute atomic E-state index is 12.8. The zero-order valence-electron chi connectivity index (χ0n) is 20.6. The quantitative estimate of drug-likeness (QED) is 0.496. The van der Waals surface area contributed by atoms with Gasteiger partial charge in [-0.2, -0.15) is 0 Å². The van der Waals surface area contributed by atoms with E-state index < -0.39 is 0 Å². The normalized spacial score (nSPS) is 20.5. The molecule has 2 aromatic heterocycles. The summed E-state index contributed by atoms with van der Waals surface area (Å²) in [4.78, 5) is 22.1. The minimum atomic E-state index is 0.140. The summed E-state index contributed by atoms with van der Waals surface area (Å²) in [6.45, 7) is 4.04. The molecule has 0 radical (unpaired) electrons. The smallest absolute Gasteiger partial charge is 0.253 e. The van der Waals surface area contributed by atoms with E-state index in [0.29, 0.717) is 0 Å². The van der Waals surface area contributed by atoms with Crippen molar-refractivity contribution < 1.29 is 9.53 Å². The fraction of sp³-hybridized carbons (Fsp3) is 0.517. The Bertz CT molecular complexity index is 1150. The van der Waals surface area contributed by atoms with Crippen LogP contribution >= 0.6 is 0 Å². The number of amides is 1. The zero-order valence-corrected chi connectivity index (χ0v) is 20.6. The standard InChI is InChI=1S/C29H36N4O2/c34-29(32-15-4-5-16-32)23-8-10-27-22(20-23)12-19-33(27)28-11-9-26(21-30-28)35-25-13-17-31(18-14-25)24-6-2-1-3-7-24/h8-12,19-21,24-25H,1-7,13-18H2. The van der Waals surface area contributed by atoms with E-state index in [9.17, 15) is 4.79 Å². The predicted molar refractivity (Wildman–Crippen MR) is 138 cm³/mol. The van der Waals surface area contributed by atoms with Gasteiger partial charge in [-0.05, 0) is 74.9 Å². The minimum Gasteiger partial charge on any atom is -0.489 e. The molecule has 1 amide bonds. The Morgan fingerprint density at radius 2 is 1.66 bits per heavy atom. The summed E-state index contributed by atoms with van der Waals surface area (Å²) in [6.07, 6.45) is 15.5. The van der Waals surface area contributed by atoms with E-state index in [1.807, 2.05) is 47.6 Å². The van der Waals surface area contributed by atoms with Gasteiger partial charge in [0.1, 0.15) is 17.7 Å². The Kier molecular flexibility index (Phi) is 6.47. The van der Waals surface area contributed by atoms with Crippen molar-refractivity contribution in [3.05, 3.63) is 54.4 Å². The molecule has 1 aliphatic carbocycles. The van der Waals surface area contributed by atoms with Gasteiger partial charge < -0.3 is 19.1 Å². The number of ether oxygens (including phenoxy) is 1. The third kappa shape index (κ3) is 4.81. The predicted octanol–water partition coefficient (Wildman–Crippen LogP) is 5.44. The Morgan fingerprint density at radius 1 is 0.857 bits per heavy atom. The van der Waals surface area contributed by atoms with E-state index in [4.69, 9.17) is 9.72 Å². The first-order valence-electron chi connectivity index (χ1n) is 13.5. The number of hydrogen-bond donors (Lipinski definition) is 0. The van der Waals surface area contributed by atoms with E-state index >= 15 is 0 Å². The molecule has 0 unspecified atom stereocenters. The molecule has 0 spiro atoms. The Labute approximate surface area is 207 Å². The molecular weight excluding hydrogens is 436 g/mol. The summed E-state index contributed by atoms with van der Waals surface area (Å²) in [6, 6.07) is 12.9. The first-order valence-corrected chi connectivity index (χ1v) is 13.5. The number of fused-ring (bicyclic) bond motifs is 1. The van der Waals surface area contributed by atoms with Crippen molar-refractivity contribution in [2.75, 3.05) is 26.2 Å². The lowest BCUT2D eigenvalue weighted by molar-refractivity contribution is 0.0629. The number of pyridine rings is 1. The highest BCUT2D eigenvalue weighted by Crippen LogP contribution is 2.28. The molecule has 6 rings (SSSR count). The molecule has 6 heteroatoms. The van der Waals surface area contributed by atoms with E-state index in [-0.39, 0.29) is 12.0 Å². The molecule has 2 saturated heterocycles. The lowest BCUT2D eigenvalue weighted by atomic mass is 9.92. The topological polar surface area (TPSA) is 50.6 Å². The molecule has 3 aromatic rings. The van der Waals surface area contributed by atoms with Gasteiger partial charge in [-0.3, -0.25) is 4.79 Å². The molecule has 4 heterocycles. The molecule has 184 valence electrons. The molecule has 3 aliphatic rings. The van der Waals surface area contributed by atoms with Gasteiger partial charge in [0.2, 0.25) is 0 Å². The monoisotopic (exact) mass is 472 g/mol. The van der Waals surface area contributed by atoms with Crippen molar-refractivity contribution in [3.63, 3.8) is 0 Å². The minimum absolute atomic E-state index is 0.140. The second kappa shape index (κ2) is 10.0. The van der Waals surface area contributed by atoms with Crippen molar-refractivity contribution in [3.8, 4) is 11.6 Å². The van der Waals surface area contributed by atoms with Crippen LogP contribution in [0.3, 0.4) is 0 Å². The van der Waals surface area contributed by atoms with Crippen LogP contribution < -0.4 is 4.74 Å². The number of nitrogens with zero attached hydrogens (tertiary/aromatic N) is 4. The number of piperidine rings is 1. The molecule has 1 saturated carbocycles. The summed E-state index contributed by atoms with van der Waals surface area (Å²) in [5.41, 5.74) is 1.82. The van der Waals surface area contributed by atoms with Crippen LogP contribution in [0.5, 0.6) is 5.75 Å². The molecule has 0 atom stereocenters. The molecule has 6 nitrogen and oxygen atoms in total. The van der Waals surface area contributed by atoms with Crippen LogP contribution in [0.2, 0.25) is 0 Å². The fourth-order valence-corrected chi connectivity index (χ4v) is 6.16. The Morgan fingerprint density at radius 3 is 2.40 bits per heavy atom. The first kappa shape index (κ1) is 22.6. The van der Waals surface area contributed by atoms with Gasteiger partial charge >= 0.3 is 0 Å². The van der Waals surface area contributed by atoms with Gasteiger partial charge in [0, 0.05) is 49.4 Å². The highest BCUT2D eigenvalue weighted by Gasteiger charge is 2.27. The zero-order chi connectivity index (χ0) is 23.6. The summed E-state index contributed by atoms with van der Waals surface area (Å²) < 4.78 is 8.38. The molecule has 3 fully saturated rings. The lowest BCUT2D eigenvalue weighted by Gasteiger charge is -2.39.